The zero-order valence-electron chi connectivity index (χ0n) is 6.98. The van der Waals surface area contributed by atoms with Crippen molar-refractivity contribution in [3.63, 3.8) is 0 Å². The van der Waals surface area contributed by atoms with Gasteiger partial charge in [0.1, 0.15) is 0 Å². The molecule has 4 heteroatoms. The summed E-state index contributed by atoms with van der Waals surface area (Å²) in [5.74, 6) is 0. The molecule has 0 spiro atoms. The Balaban J connectivity index is 3.36. The Labute approximate surface area is 71.2 Å². The lowest BCUT2D eigenvalue weighted by molar-refractivity contribution is 0.387. The minimum Gasteiger partial charge on any atom is -0.321 e. The number of hydrogen-bond donors (Lipinski definition) is 2. The lowest BCUT2D eigenvalue weighted by atomic mass is 10.1. The smallest absolute Gasteiger partial charge is 0.321 e. The van der Waals surface area contributed by atoms with Gasteiger partial charge in [-0.25, -0.2) is 0 Å². The van der Waals surface area contributed by atoms with Gasteiger partial charge in [-0.15, -0.1) is 0 Å². The van der Waals surface area contributed by atoms with Crippen molar-refractivity contribution < 1.29 is 14.4 Å². The highest BCUT2D eigenvalue weighted by Crippen LogP contribution is 2.34. The van der Waals surface area contributed by atoms with E-state index >= 15 is 0 Å². The number of benzene rings is 1. The Morgan fingerprint density at radius 3 is 2.25 bits per heavy atom. The van der Waals surface area contributed by atoms with E-state index in [-0.39, 0.29) is 5.30 Å². The summed E-state index contributed by atoms with van der Waals surface area (Å²) in [6.45, 7) is 3.54. The van der Waals surface area contributed by atoms with Crippen molar-refractivity contribution in [3.8, 4) is 0 Å². The van der Waals surface area contributed by atoms with Crippen LogP contribution in [0, 0.1) is 13.8 Å². The lowest BCUT2D eigenvalue weighted by Gasteiger charge is -2.08. The molecule has 0 aliphatic rings. The molecule has 12 heavy (non-hydrogen) atoms. The van der Waals surface area contributed by atoms with Gasteiger partial charge in [-0.2, -0.15) is 0 Å². The van der Waals surface area contributed by atoms with E-state index in [1.807, 2.05) is 13.0 Å². The monoisotopic (exact) mass is 186 g/mol. The lowest BCUT2D eigenvalue weighted by Crippen LogP contribution is -2.08. The molecule has 0 aliphatic carbocycles. The van der Waals surface area contributed by atoms with Crippen LogP contribution in [-0.2, 0) is 4.57 Å². The third-order valence-corrected chi connectivity index (χ3v) is 3.00. The van der Waals surface area contributed by atoms with Crippen LogP contribution in [-0.4, -0.2) is 9.79 Å². The molecule has 0 amide bonds. The molecule has 1 aromatic rings. The van der Waals surface area contributed by atoms with Gasteiger partial charge in [-0.05, 0) is 31.0 Å². The maximum absolute atomic E-state index is 10.9. The van der Waals surface area contributed by atoms with Gasteiger partial charge >= 0.3 is 7.60 Å². The van der Waals surface area contributed by atoms with Gasteiger partial charge in [0.2, 0.25) is 0 Å². The molecule has 0 fully saturated rings. The second kappa shape index (κ2) is 3.02. The maximum Gasteiger partial charge on any atom is 0.356 e. The summed E-state index contributed by atoms with van der Waals surface area (Å²) in [5, 5.41) is 0.127. The molecule has 0 saturated carbocycles. The topological polar surface area (TPSA) is 57.5 Å². The molecule has 0 bridgehead atoms. The largest absolute Gasteiger partial charge is 0.356 e. The number of hydrogen-bond acceptors (Lipinski definition) is 1. The van der Waals surface area contributed by atoms with Gasteiger partial charge in [0.25, 0.3) is 0 Å². The van der Waals surface area contributed by atoms with Crippen molar-refractivity contribution in [1.29, 1.82) is 0 Å². The Morgan fingerprint density at radius 2 is 1.83 bits per heavy atom. The summed E-state index contributed by atoms with van der Waals surface area (Å²) in [6.07, 6.45) is 0. The molecule has 0 atom stereocenters. The highest BCUT2D eigenvalue weighted by Gasteiger charge is 2.19. The van der Waals surface area contributed by atoms with Crippen molar-refractivity contribution in [1.82, 2.24) is 0 Å². The molecular weight excluding hydrogens is 175 g/mol. The van der Waals surface area contributed by atoms with Crippen LogP contribution in [0.3, 0.4) is 0 Å². The average Bonchev–Trinajstić information content (AvgIpc) is 1.92. The first kappa shape index (κ1) is 9.46. The minimum absolute atomic E-state index is 0.127. The Bertz CT molecular complexity index is 340. The zero-order valence-corrected chi connectivity index (χ0v) is 7.88. The van der Waals surface area contributed by atoms with Crippen molar-refractivity contribution in [2.45, 2.75) is 13.8 Å². The molecule has 0 aliphatic heterocycles. The molecule has 0 heterocycles. The standard InChI is InChI=1S/C8H11O3P/c1-6-4-3-5-8(7(6)2)12(9,10)11/h3-5H,1-2H3,(H2,9,10,11). The molecule has 0 saturated heterocycles. The van der Waals surface area contributed by atoms with Crippen LogP contribution in [0.25, 0.3) is 0 Å². The predicted octanol–water partition coefficient (Wildman–Crippen LogP) is 1.11. The van der Waals surface area contributed by atoms with Crippen molar-refractivity contribution >= 4 is 12.9 Å². The van der Waals surface area contributed by atoms with Crippen LogP contribution in [0.5, 0.6) is 0 Å². The Hall–Kier alpha value is -0.630. The summed E-state index contributed by atoms with van der Waals surface area (Å²) < 4.78 is 10.9. The molecule has 1 aromatic carbocycles. The highest BCUT2D eigenvalue weighted by atomic mass is 31.2. The third kappa shape index (κ3) is 1.75. The van der Waals surface area contributed by atoms with Crippen LogP contribution in [0.15, 0.2) is 18.2 Å². The Kier molecular flexibility index (Phi) is 2.38. The van der Waals surface area contributed by atoms with E-state index in [0.717, 1.165) is 5.56 Å². The average molecular weight is 186 g/mol. The van der Waals surface area contributed by atoms with Crippen LogP contribution >= 0.6 is 7.60 Å². The quantitative estimate of drug-likeness (QED) is 0.646. The SMILES string of the molecule is Cc1cccc(P(=O)(O)O)c1C. The second-order valence-corrected chi connectivity index (χ2v) is 4.33. The molecule has 0 radical (unpaired) electrons. The van der Waals surface area contributed by atoms with Gasteiger partial charge in [0, 0.05) is 0 Å². The van der Waals surface area contributed by atoms with Crippen molar-refractivity contribution in [2.75, 3.05) is 0 Å². The van der Waals surface area contributed by atoms with E-state index in [4.69, 9.17) is 9.79 Å². The molecule has 0 aromatic heterocycles. The second-order valence-electron chi connectivity index (χ2n) is 2.76. The van der Waals surface area contributed by atoms with Crippen molar-refractivity contribution in [3.05, 3.63) is 29.3 Å². The van der Waals surface area contributed by atoms with Crippen molar-refractivity contribution in [2.24, 2.45) is 0 Å². The molecule has 3 nitrogen and oxygen atoms in total. The van der Waals surface area contributed by atoms with Gasteiger partial charge in [-0.1, -0.05) is 12.1 Å². The number of aryl methyl sites for hydroxylation is 1. The van der Waals surface area contributed by atoms with Gasteiger partial charge in [0.05, 0.1) is 5.30 Å². The van der Waals surface area contributed by atoms with Gasteiger partial charge in [-0.3, -0.25) is 4.57 Å². The number of rotatable bonds is 1. The highest BCUT2D eigenvalue weighted by molar-refractivity contribution is 7.60. The summed E-state index contributed by atoms with van der Waals surface area (Å²) in [5.41, 5.74) is 1.57. The normalized spacial score (nSPS) is 11.7. The summed E-state index contributed by atoms with van der Waals surface area (Å²) in [6, 6.07) is 4.94. The first-order valence-corrected chi connectivity index (χ1v) is 5.16. The minimum atomic E-state index is -4.08. The first-order valence-electron chi connectivity index (χ1n) is 3.55. The predicted molar refractivity (Wildman–Crippen MR) is 47.6 cm³/mol. The summed E-state index contributed by atoms with van der Waals surface area (Å²) >= 11 is 0. The van der Waals surface area contributed by atoms with Gasteiger partial charge in [0.15, 0.2) is 0 Å². The third-order valence-electron chi connectivity index (χ3n) is 1.89. The first-order chi connectivity index (χ1) is 5.43. The molecule has 0 unspecified atom stereocenters. The van der Waals surface area contributed by atoms with E-state index in [1.54, 1.807) is 13.0 Å². The zero-order chi connectivity index (χ0) is 9.35. The molecule has 1 rings (SSSR count). The molecule has 2 N–H and O–H groups in total. The van der Waals surface area contributed by atoms with Crippen LogP contribution in [0.2, 0.25) is 0 Å². The van der Waals surface area contributed by atoms with Crippen LogP contribution < -0.4 is 5.30 Å². The molecule has 66 valence electrons. The van der Waals surface area contributed by atoms with Crippen LogP contribution in [0.1, 0.15) is 11.1 Å². The fraction of sp³-hybridized carbons (Fsp3) is 0.250. The summed E-state index contributed by atoms with van der Waals surface area (Å²) in [7, 11) is -4.08. The summed E-state index contributed by atoms with van der Waals surface area (Å²) in [4.78, 5) is 17.8. The van der Waals surface area contributed by atoms with Crippen LogP contribution in [0.4, 0.5) is 0 Å². The van der Waals surface area contributed by atoms with E-state index in [2.05, 4.69) is 0 Å². The van der Waals surface area contributed by atoms with E-state index < -0.39 is 7.60 Å². The Morgan fingerprint density at radius 1 is 1.25 bits per heavy atom. The molecular formula is C8H11O3P. The van der Waals surface area contributed by atoms with E-state index in [9.17, 15) is 4.57 Å². The fourth-order valence-electron chi connectivity index (χ4n) is 1.05. The van der Waals surface area contributed by atoms with E-state index in [0.29, 0.717) is 5.56 Å². The van der Waals surface area contributed by atoms with Gasteiger partial charge < -0.3 is 9.79 Å². The van der Waals surface area contributed by atoms with E-state index in [1.165, 1.54) is 6.07 Å². The fourth-order valence-corrected chi connectivity index (χ4v) is 1.94. The maximum atomic E-state index is 10.9.